The fraction of sp³-hybridized carbons (Fsp3) is 0.438. The highest BCUT2D eigenvalue weighted by molar-refractivity contribution is 5.91. The number of amides is 1. The average molecular weight is 320 g/mol. The summed E-state index contributed by atoms with van der Waals surface area (Å²) < 4.78 is 14.6. The molecule has 0 aliphatic carbocycles. The third-order valence-electron chi connectivity index (χ3n) is 3.25. The number of aliphatic hydroxyl groups is 1. The van der Waals surface area contributed by atoms with Gasteiger partial charge in [-0.3, -0.25) is 4.79 Å². The van der Waals surface area contributed by atoms with E-state index in [1.165, 1.54) is 23.0 Å². The van der Waals surface area contributed by atoms with Crippen LogP contribution in [0.4, 0.5) is 4.39 Å². The second-order valence-electron chi connectivity index (χ2n) is 5.92. The number of carbonyl (C=O) groups excluding carboxylic acids is 1. The molecule has 1 atom stereocenters. The number of rotatable bonds is 7. The van der Waals surface area contributed by atoms with E-state index >= 15 is 0 Å². The summed E-state index contributed by atoms with van der Waals surface area (Å²) in [4.78, 5) is 12.0. The molecule has 6 nitrogen and oxygen atoms in total. The molecule has 0 fully saturated rings. The van der Waals surface area contributed by atoms with Gasteiger partial charge in [-0.25, -0.2) is 9.07 Å². The van der Waals surface area contributed by atoms with Crippen molar-refractivity contribution in [2.45, 2.75) is 32.9 Å². The second kappa shape index (κ2) is 7.82. The van der Waals surface area contributed by atoms with E-state index in [1.54, 1.807) is 12.1 Å². The molecule has 0 bridgehead atoms. The predicted octanol–water partition coefficient (Wildman–Crippen LogP) is 1.60. The minimum absolute atomic E-state index is 0.165. The number of hydrogen-bond acceptors (Lipinski definition) is 4. The Kier molecular flexibility index (Phi) is 5.81. The Hall–Kier alpha value is -2.28. The molecule has 124 valence electrons. The summed E-state index contributed by atoms with van der Waals surface area (Å²) >= 11 is 0. The fourth-order valence-corrected chi connectivity index (χ4v) is 2.23. The summed E-state index contributed by atoms with van der Waals surface area (Å²) in [5, 5.41) is 20.0. The molecule has 0 saturated heterocycles. The maximum absolute atomic E-state index is 13.1. The Bertz CT molecular complexity index is 657. The number of halogens is 1. The van der Waals surface area contributed by atoms with Crippen LogP contribution in [0.25, 0.3) is 0 Å². The van der Waals surface area contributed by atoms with E-state index in [1.807, 2.05) is 13.8 Å². The van der Waals surface area contributed by atoms with E-state index in [-0.39, 0.29) is 18.1 Å². The topological polar surface area (TPSA) is 80.0 Å². The van der Waals surface area contributed by atoms with Crippen molar-refractivity contribution in [2.24, 2.45) is 5.92 Å². The van der Waals surface area contributed by atoms with Gasteiger partial charge in [-0.2, -0.15) is 0 Å². The van der Waals surface area contributed by atoms with Crippen LogP contribution in [0, 0.1) is 11.7 Å². The van der Waals surface area contributed by atoms with Gasteiger partial charge >= 0.3 is 0 Å². The molecule has 0 aliphatic heterocycles. The quantitative estimate of drug-likeness (QED) is 0.812. The van der Waals surface area contributed by atoms with Crippen LogP contribution in [0.1, 0.15) is 36.3 Å². The maximum atomic E-state index is 13.1. The molecule has 23 heavy (non-hydrogen) atoms. The lowest BCUT2D eigenvalue weighted by atomic mass is 10.1. The van der Waals surface area contributed by atoms with Crippen molar-refractivity contribution >= 4 is 5.91 Å². The van der Waals surface area contributed by atoms with Crippen LogP contribution in [-0.2, 0) is 6.54 Å². The molecule has 0 radical (unpaired) electrons. The van der Waals surface area contributed by atoms with Gasteiger partial charge in [-0.15, -0.1) is 5.10 Å². The largest absolute Gasteiger partial charge is 0.391 e. The van der Waals surface area contributed by atoms with Crippen LogP contribution in [-0.4, -0.2) is 38.7 Å². The first-order valence-corrected chi connectivity index (χ1v) is 7.55. The summed E-state index contributed by atoms with van der Waals surface area (Å²) in [7, 11) is 0. The number of nitrogens with one attached hydrogen (secondary N) is 1. The van der Waals surface area contributed by atoms with Gasteiger partial charge in [0.05, 0.1) is 18.8 Å². The highest BCUT2D eigenvalue weighted by Gasteiger charge is 2.13. The Morgan fingerprint density at radius 2 is 2.22 bits per heavy atom. The Morgan fingerprint density at radius 1 is 1.43 bits per heavy atom. The van der Waals surface area contributed by atoms with Gasteiger partial charge in [0.25, 0.3) is 5.91 Å². The minimum atomic E-state index is -0.582. The van der Waals surface area contributed by atoms with Crippen molar-refractivity contribution in [3.05, 3.63) is 47.5 Å². The molecule has 1 amide bonds. The third-order valence-corrected chi connectivity index (χ3v) is 3.25. The zero-order valence-corrected chi connectivity index (χ0v) is 13.2. The van der Waals surface area contributed by atoms with Crippen molar-refractivity contribution in [3.8, 4) is 0 Å². The van der Waals surface area contributed by atoms with Gasteiger partial charge in [-0.1, -0.05) is 31.2 Å². The first-order valence-electron chi connectivity index (χ1n) is 7.55. The van der Waals surface area contributed by atoms with Crippen molar-refractivity contribution in [1.82, 2.24) is 20.3 Å². The molecular formula is C16H21FN4O2. The number of aliphatic hydroxyl groups excluding tert-OH is 1. The van der Waals surface area contributed by atoms with E-state index in [2.05, 4.69) is 15.6 Å². The Labute approximate surface area is 134 Å². The van der Waals surface area contributed by atoms with Crippen LogP contribution < -0.4 is 5.32 Å². The molecule has 1 aromatic carbocycles. The fourth-order valence-electron chi connectivity index (χ4n) is 2.23. The normalized spacial score (nSPS) is 12.4. The van der Waals surface area contributed by atoms with Crippen LogP contribution in [0.2, 0.25) is 0 Å². The zero-order valence-electron chi connectivity index (χ0n) is 13.2. The highest BCUT2D eigenvalue weighted by atomic mass is 19.1. The van der Waals surface area contributed by atoms with Crippen LogP contribution in [0.15, 0.2) is 30.5 Å². The third kappa shape index (κ3) is 5.45. The molecule has 1 aromatic heterocycles. The molecule has 2 aromatic rings. The predicted molar refractivity (Wildman–Crippen MR) is 83.3 cm³/mol. The first kappa shape index (κ1) is 17.1. The van der Waals surface area contributed by atoms with Crippen LogP contribution in [0.3, 0.4) is 0 Å². The zero-order chi connectivity index (χ0) is 16.8. The monoisotopic (exact) mass is 320 g/mol. The van der Waals surface area contributed by atoms with Gasteiger partial charge in [0.2, 0.25) is 0 Å². The van der Waals surface area contributed by atoms with Crippen molar-refractivity contribution < 1.29 is 14.3 Å². The van der Waals surface area contributed by atoms with E-state index in [0.29, 0.717) is 18.9 Å². The lowest BCUT2D eigenvalue weighted by molar-refractivity contribution is 0.0895. The molecular weight excluding hydrogens is 299 g/mol. The van der Waals surface area contributed by atoms with Crippen molar-refractivity contribution in [2.75, 3.05) is 6.54 Å². The number of aromatic nitrogens is 3. The van der Waals surface area contributed by atoms with Crippen LogP contribution >= 0.6 is 0 Å². The van der Waals surface area contributed by atoms with E-state index in [0.717, 1.165) is 5.56 Å². The smallest absolute Gasteiger partial charge is 0.273 e. The maximum Gasteiger partial charge on any atom is 0.273 e. The summed E-state index contributed by atoms with van der Waals surface area (Å²) in [6.45, 7) is 4.51. The molecule has 0 aliphatic rings. The first-order chi connectivity index (χ1) is 10.9. The molecule has 1 unspecified atom stereocenters. The molecule has 7 heteroatoms. The number of hydrogen-bond donors (Lipinski definition) is 2. The van der Waals surface area contributed by atoms with Gasteiger partial charge in [0, 0.05) is 6.54 Å². The Balaban J connectivity index is 1.89. The van der Waals surface area contributed by atoms with Gasteiger partial charge in [0.1, 0.15) is 5.82 Å². The van der Waals surface area contributed by atoms with E-state index in [9.17, 15) is 14.3 Å². The summed E-state index contributed by atoms with van der Waals surface area (Å²) in [6, 6.07) is 6.16. The molecule has 2 rings (SSSR count). The number of nitrogens with zero attached hydrogens (tertiary/aromatic N) is 3. The molecule has 1 heterocycles. The van der Waals surface area contributed by atoms with E-state index < -0.39 is 12.0 Å². The lowest BCUT2D eigenvalue weighted by Crippen LogP contribution is -2.33. The van der Waals surface area contributed by atoms with Crippen molar-refractivity contribution in [3.63, 3.8) is 0 Å². The van der Waals surface area contributed by atoms with Crippen LogP contribution in [0.5, 0.6) is 0 Å². The molecule has 0 spiro atoms. The summed E-state index contributed by atoms with van der Waals surface area (Å²) in [5.74, 6) is -0.355. The standard InChI is InChI=1S/C16H21FN4O2/c1-11(2)6-14(22)8-18-16(23)15-10-21(20-19-15)9-12-4-3-5-13(17)7-12/h3-5,7,10-11,14,22H,6,8-9H2,1-2H3,(H,18,23). The molecule has 2 N–H and O–H groups in total. The second-order valence-corrected chi connectivity index (χ2v) is 5.92. The van der Waals surface area contributed by atoms with Crippen molar-refractivity contribution in [1.29, 1.82) is 0 Å². The lowest BCUT2D eigenvalue weighted by Gasteiger charge is -2.12. The Morgan fingerprint density at radius 3 is 2.91 bits per heavy atom. The minimum Gasteiger partial charge on any atom is -0.391 e. The van der Waals surface area contributed by atoms with Gasteiger partial charge in [-0.05, 0) is 30.0 Å². The average Bonchev–Trinajstić information content (AvgIpc) is 2.92. The van der Waals surface area contributed by atoms with Gasteiger partial charge < -0.3 is 10.4 Å². The van der Waals surface area contributed by atoms with E-state index in [4.69, 9.17) is 0 Å². The van der Waals surface area contributed by atoms with Gasteiger partial charge in [0.15, 0.2) is 5.69 Å². The summed E-state index contributed by atoms with van der Waals surface area (Å²) in [5.41, 5.74) is 0.896. The molecule has 0 saturated carbocycles. The number of carbonyl (C=O) groups is 1. The SMILES string of the molecule is CC(C)CC(O)CNC(=O)c1cn(Cc2cccc(F)c2)nn1. The summed E-state index contributed by atoms with van der Waals surface area (Å²) in [6.07, 6.45) is 1.53. The highest BCUT2D eigenvalue weighted by Crippen LogP contribution is 2.06. The number of benzene rings is 1.